The first kappa shape index (κ1) is 32.8. The Balaban J connectivity index is 1.28. The highest BCUT2D eigenvalue weighted by Gasteiger charge is 2.60. The van der Waals surface area contributed by atoms with E-state index in [-0.39, 0.29) is 0 Å². The Bertz CT molecular complexity index is 2250. The van der Waals surface area contributed by atoms with Crippen LogP contribution in [-0.2, 0) is 24.0 Å². The fraction of sp³-hybridized carbons (Fsp3) is 0.186. The van der Waals surface area contributed by atoms with Gasteiger partial charge >= 0.3 is 0 Å². The van der Waals surface area contributed by atoms with Crippen LogP contribution in [-0.4, -0.2) is 26.6 Å². The standard InChI is InChI=1S/C43H38N8O/c1-3-4-24-38-46-40-39(41(52-2)45-30-44-40)51(38)29-31-25-27-32(28-26-31)36-22-14-15-23-37(36)43(47-49-50-48-43)42(33-16-8-5-9-17-33,34-18-10-6-11-19-34)35-20-12-7-13-21-35/h5-23,25-28,30H,3-4,24,29H2,1-2H3. The van der Waals surface area contributed by atoms with E-state index in [1.807, 2.05) is 24.3 Å². The van der Waals surface area contributed by atoms with Gasteiger partial charge in [-0.15, -0.1) is 10.2 Å². The van der Waals surface area contributed by atoms with Crippen molar-refractivity contribution in [2.45, 2.75) is 43.8 Å². The van der Waals surface area contributed by atoms with Crippen molar-refractivity contribution in [1.82, 2.24) is 19.5 Å². The lowest BCUT2D eigenvalue weighted by Crippen LogP contribution is -2.48. The third-order valence-corrected chi connectivity index (χ3v) is 10.0. The van der Waals surface area contributed by atoms with Gasteiger partial charge in [-0.1, -0.05) is 153 Å². The van der Waals surface area contributed by atoms with Crippen molar-refractivity contribution in [3.8, 4) is 17.0 Å². The number of methoxy groups -OCH3 is 1. The second-order valence-electron chi connectivity index (χ2n) is 12.9. The number of unbranched alkanes of at least 4 members (excludes halogenated alkanes) is 1. The predicted octanol–water partition coefficient (Wildman–Crippen LogP) is 9.91. The third-order valence-electron chi connectivity index (χ3n) is 10.0. The molecule has 8 rings (SSSR count). The molecule has 0 aliphatic carbocycles. The molecule has 0 saturated carbocycles. The van der Waals surface area contributed by atoms with E-state index in [2.05, 4.69) is 147 Å². The number of imidazole rings is 1. The molecule has 0 amide bonds. The smallest absolute Gasteiger partial charge is 0.243 e. The summed E-state index contributed by atoms with van der Waals surface area (Å²) in [6.07, 6.45) is 4.45. The monoisotopic (exact) mass is 682 g/mol. The molecule has 7 aromatic rings. The second kappa shape index (κ2) is 14.1. The topological polar surface area (TPSA) is 102 Å². The highest BCUT2D eigenvalue weighted by molar-refractivity contribution is 5.77. The van der Waals surface area contributed by atoms with Crippen molar-refractivity contribution in [3.63, 3.8) is 0 Å². The number of hydrogen-bond donors (Lipinski definition) is 0. The normalized spacial score (nSPS) is 13.5. The molecule has 0 bridgehead atoms. The van der Waals surface area contributed by atoms with Crippen LogP contribution in [0.25, 0.3) is 22.3 Å². The van der Waals surface area contributed by atoms with E-state index in [4.69, 9.17) is 19.9 Å². The highest BCUT2D eigenvalue weighted by Crippen LogP contribution is 2.58. The highest BCUT2D eigenvalue weighted by atomic mass is 16.5. The van der Waals surface area contributed by atoms with Gasteiger partial charge in [0.15, 0.2) is 11.2 Å². The average molecular weight is 683 g/mol. The first-order chi connectivity index (χ1) is 25.7. The molecule has 0 saturated heterocycles. The zero-order chi connectivity index (χ0) is 35.4. The maximum atomic E-state index is 5.65. The zero-order valence-electron chi connectivity index (χ0n) is 29.2. The van der Waals surface area contributed by atoms with Crippen LogP contribution in [0, 0.1) is 0 Å². The number of aromatic nitrogens is 4. The summed E-state index contributed by atoms with van der Waals surface area (Å²) >= 11 is 0. The number of benzene rings is 5. The molecule has 3 heterocycles. The number of rotatable bonds is 12. The summed E-state index contributed by atoms with van der Waals surface area (Å²) in [6.45, 7) is 2.79. The van der Waals surface area contributed by atoms with Gasteiger partial charge < -0.3 is 9.30 Å². The van der Waals surface area contributed by atoms with E-state index >= 15 is 0 Å². The van der Waals surface area contributed by atoms with Gasteiger partial charge in [-0.3, -0.25) is 0 Å². The van der Waals surface area contributed by atoms with E-state index in [1.54, 1.807) is 7.11 Å². The summed E-state index contributed by atoms with van der Waals surface area (Å²) in [5.74, 6) is 1.50. The van der Waals surface area contributed by atoms with Gasteiger partial charge in [0.25, 0.3) is 0 Å². The van der Waals surface area contributed by atoms with E-state index in [9.17, 15) is 0 Å². The molecule has 9 nitrogen and oxygen atoms in total. The summed E-state index contributed by atoms with van der Waals surface area (Å²) in [5, 5.41) is 18.6. The molecule has 2 aromatic heterocycles. The van der Waals surface area contributed by atoms with E-state index < -0.39 is 11.1 Å². The van der Waals surface area contributed by atoms with Crippen molar-refractivity contribution in [2.75, 3.05) is 7.11 Å². The van der Waals surface area contributed by atoms with Crippen molar-refractivity contribution in [3.05, 3.63) is 179 Å². The molecule has 52 heavy (non-hydrogen) atoms. The summed E-state index contributed by atoms with van der Waals surface area (Å²) in [6, 6.07) is 48.4. The Labute approximate surface area is 302 Å². The van der Waals surface area contributed by atoms with Gasteiger partial charge in [0, 0.05) is 18.5 Å². The number of hydrogen-bond acceptors (Lipinski definition) is 8. The minimum Gasteiger partial charge on any atom is -0.479 e. The average Bonchev–Trinajstić information content (AvgIpc) is 3.85. The van der Waals surface area contributed by atoms with Crippen LogP contribution in [0.5, 0.6) is 5.88 Å². The van der Waals surface area contributed by atoms with Gasteiger partial charge in [-0.2, -0.15) is 4.98 Å². The van der Waals surface area contributed by atoms with Crippen molar-refractivity contribution in [2.24, 2.45) is 20.7 Å². The third kappa shape index (κ3) is 5.45. The van der Waals surface area contributed by atoms with Gasteiger partial charge in [0.05, 0.1) is 12.5 Å². The van der Waals surface area contributed by atoms with Crippen LogP contribution in [0.3, 0.4) is 0 Å². The second-order valence-corrected chi connectivity index (χ2v) is 12.9. The Kier molecular flexibility index (Phi) is 8.91. The van der Waals surface area contributed by atoms with Crippen molar-refractivity contribution < 1.29 is 4.74 Å². The Hall–Kier alpha value is -6.35. The number of fused-ring (bicyclic) bond motifs is 1. The number of aryl methyl sites for hydroxylation is 1. The molecular weight excluding hydrogens is 645 g/mol. The molecule has 9 heteroatoms. The van der Waals surface area contributed by atoms with Crippen LogP contribution < -0.4 is 4.74 Å². The minimum absolute atomic E-state index is 0.523. The Morgan fingerprint density at radius 3 is 1.83 bits per heavy atom. The van der Waals surface area contributed by atoms with E-state index in [0.29, 0.717) is 18.1 Å². The molecular formula is C43H38N8O. The van der Waals surface area contributed by atoms with Crippen molar-refractivity contribution >= 4 is 11.2 Å². The molecule has 1 aliphatic heterocycles. The Morgan fingerprint density at radius 1 is 0.673 bits per heavy atom. The lowest BCUT2D eigenvalue weighted by atomic mass is 9.59. The number of ether oxygens (including phenoxy) is 1. The predicted molar refractivity (Wildman–Crippen MR) is 202 cm³/mol. The fourth-order valence-corrected chi connectivity index (χ4v) is 7.66. The fourth-order valence-electron chi connectivity index (χ4n) is 7.66. The van der Waals surface area contributed by atoms with Gasteiger partial charge in [0.1, 0.15) is 12.2 Å². The van der Waals surface area contributed by atoms with Crippen LogP contribution in [0.1, 0.15) is 53.4 Å². The Morgan fingerprint density at radius 2 is 1.25 bits per heavy atom. The maximum absolute atomic E-state index is 5.65. The summed E-state index contributed by atoms with van der Waals surface area (Å²) in [7, 11) is 1.63. The van der Waals surface area contributed by atoms with Crippen LogP contribution in [0.4, 0.5) is 0 Å². The molecule has 0 spiro atoms. The van der Waals surface area contributed by atoms with Gasteiger partial charge in [0.2, 0.25) is 11.5 Å². The summed E-state index contributed by atoms with van der Waals surface area (Å²) < 4.78 is 7.84. The van der Waals surface area contributed by atoms with E-state index in [1.165, 1.54) is 6.33 Å². The SMILES string of the molecule is CCCCc1nc2ncnc(OC)c2n1Cc1ccc(-c2ccccc2C2(C(c3ccccc3)(c3ccccc3)c3ccccc3)N=NN=N2)cc1. The van der Waals surface area contributed by atoms with Gasteiger partial charge in [-0.05, 0) is 50.2 Å². The maximum Gasteiger partial charge on any atom is 0.243 e. The van der Waals surface area contributed by atoms with Crippen molar-refractivity contribution in [1.29, 1.82) is 0 Å². The van der Waals surface area contributed by atoms with Crippen LogP contribution in [0.15, 0.2) is 167 Å². The van der Waals surface area contributed by atoms with E-state index in [0.717, 1.165) is 69.5 Å². The largest absolute Gasteiger partial charge is 0.479 e. The first-order valence-electron chi connectivity index (χ1n) is 17.6. The molecule has 0 unspecified atom stereocenters. The lowest BCUT2D eigenvalue weighted by molar-refractivity contribution is 0.318. The molecule has 0 fully saturated rings. The minimum atomic E-state index is -1.27. The quantitative estimate of drug-likeness (QED) is 0.120. The summed E-state index contributed by atoms with van der Waals surface area (Å²) in [4.78, 5) is 13.7. The zero-order valence-corrected chi connectivity index (χ0v) is 29.2. The molecule has 0 N–H and O–H groups in total. The lowest BCUT2D eigenvalue weighted by Gasteiger charge is -2.45. The van der Waals surface area contributed by atoms with Crippen LogP contribution >= 0.6 is 0 Å². The number of nitrogens with zero attached hydrogens (tertiary/aromatic N) is 8. The molecule has 1 aliphatic rings. The molecule has 0 atom stereocenters. The summed E-state index contributed by atoms with van der Waals surface area (Å²) in [5.41, 5.74) is 6.39. The van der Waals surface area contributed by atoms with Gasteiger partial charge in [-0.25, -0.2) is 9.97 Å². The first-order valence-corrected chi connectivity index (χ1v) is 17.6. The molecule has 5 aromatic carbocycles. The molecule has 0 radical (unpaired) electrons. The molecule has 256 valence electrons. The van der Waals surface area contributed by atoms with Crippen LogP contribution in [0.2, 0.25) is 0 Å².